The zero-order valence-electron chi connectivity index (χ0n) is 12.6. The molecule has 1 aliphatic heterocycles. The molecule has 1 aromatic rings. The summed E-state index contributed by atoms with van der Waals surface area (Å²) in [5.41, 5.74) is 5.83. The van der Waals surface area contributed by atoms with Crippen molar-refractivity contribution in [3.63, 3.8) is 0 Å². The quantitative estimate of drug-likeness (QED) is 0.829. The smallest absolute Gasteiger partial charge is 0.243 e. The van der Waals surface area contributed by atoms with Gasteiger partial charge in [-0.05, 0) is 31.0 Å². The molecule has 1 aliphatic rings. The number of nitrogens with zero attached hydrogens (tertiary/aromatic N) is 2. The number of nitrogens with two attached hydrogens (primary N) is 1. The van der Waals surface area contributed by atoms with Gasteiger partial charge < -0.3 is 5.73 Å². The summed E-state index contributed by atoms with van der Waals surface area (Å²) in [5.74, 6) is 0. The van der Waals surface area contributed by atoms with Gasteiger partial charge in [-0.2, -0.15) is 4.31 Å². The predicted molar refractivity (Wildman–Crippen MR) is 83.3 cm³/mol. The minimum Gasteiger partial charge on any atom is -0.327 e. The number of sulfonamides is 2. The van der Waals surface area contributed by atoms with Gasteiger partial charge in [0.25, 0.3) is 0 Å². The first kappa shape index (κ1) is 17.4. The zero-order valence-corrected chi connectivity index (χ0v) is 14.3. The number of hydrogen-bond donors (Lipinski definition) is 1. The third-order valence-electron chi connectivity index (χ3n) is 3.64. The van der Waals surface area contributed by atoms with E-state index in [0.717, 1.165) is 10.7 Å². The summed E-state index contributed by atoms with van der Waals surface area (Å²) in [4.78, 5) is -0.0654. The molecule has 22 heavy (non-hydrogen) atoms. The molecule has 1 fully saturated rings. The van der Waals surface area contributed by atoms with Crippen LogP contribution in [0.5, 0.6) is 0 Å². The van der Waals surface area contributed by atoms with E-state index in [4.69, 9.17) is 5.73 Å². The van der Waals surface area contributed by atoms with Crippen molar-refractivity contribution in [2.24, 2.45) is 5.73 Å². The molecule has 9 heteroatoms. The van der Waals surface area contributed by atoms with Crippen LogP contribution in [0, 0.1) is 0 Å². The second-order valence-electron chi connectivity index (χ2n) is 5.53. The zero-order chi connectivity index (χ0) is 16.5. The van der Waals surface area contributed by atoms with Crippen LogP contribution in [-0.2, 0) is 20.0 Å². The SMILES string of the molecule is CN(C)S(=O)(=O)c1cccc(S(=O)(=O)N2CCCC(N)C2)c1. The molecule has 0 bridgehead atoms. The largest absolute Gasteiger partial charge is 0.327 e. The van der Waals surface area contributed by atoms with E-state index in [0.29, 0.717) is 13.0 Å². The van der Waals surface area contributed by atoms with Crippen LogP contribution in [0.2, 0.25) is 0 Å². The lowest BCUT2D eigenvalue weighted by Crippen LogP contribution is -2.45. The van der Waals surface area contributed by atoms with Gasteiger partial charge in [0.1, 0.15) is 0 Å². The minimum absolute atomic E-state index is 0.0236. The van der Waals surface area contributed by atoms with E-state index in [1.807, 2.05) is 0 Å². The molecule has 7 nitrogen and oxygen atoms in total. The summed E-state index contributed by atoms with van der Waals surface area (Å²) in [5, 5.41) is 0. The number of rotatable bonds is 4. The fourth-order valence-electron chi connectivity index (χ4n) is 2.35. The molecular weight excluding hydrogens is 326 g/mol. The van der Waals surface area contributed by atoms with Gasteiger partial charge in [0.15, 0.2) is 0 Å². The van der Waals surface area contributed by atoms with E-state index < -0.39 is 20.0 Å². The average molecular weight is 347 g/mol. The van der Waals surface area contributed by atoms with Gasteiger partial charge in [-0.1, -0.05) is 6.07 Å². The molecule has 0 saturated carbocycles. The van der Waals surface area contributed by atoms with Crippen molar-refractivity contribution in [3.05, 3.63) is 24.3 Å². The summed E-state index contributed by atoms with van der Waals surface area (Å²) < 4.78 is 51.9. The van der Waals surface area contributed by atoms with Gasteiger partial charge in [-0.15, -0.1) is 0 Å². The molecular formula is C13H21N3O4S2. The molecule has 0 radical (unpaired) electrons. The first-order valence-corrected chi connectivity index (χ1v) is 9.82. The van der Waals surface area contributed by atoms with Crippen molar-refractivity contribution < 1.29 is 16.8 Å². The Bertz CT molecular complexity index is 744. The van der Waals surface area contributed by atoms with Crippen LogP contribution in [0.15, 0.2) is 34.1 Å². The number of piperidine rings is 1. The molecule has 1 atom stereocenters. The Morgan fingerprint density at radius 2 is 1.82 bits per heavy atom. The number of benzene rings is 1. The molecule has 0 aliphatic carbocycles. The van der Waals surface area contributed by atoms with Gasteiger partial charge in [0, 0.05) is 33.2 Å². The van der Waals surface area contributed by atoms with Crippen molar-refractivity contribution in [2.45, 2.75) is 28.7 Å². The van der Waals surface area contributed by atoms with E-state index in [1.54, 1.807) is 0 Å². The van der Waals surface area contributed by atoms with Crippen molar-refractivity contribution in [1.29, 1.82) is 0 Å². The van der Waals surface area contributed by atoms with Gasteiger partial charge in [0.05, 0.1) is 9.79 Å². The summed E-state index contributed by atoms with van der Waals surface area (Å²) in [6, 6.07) is 5.25. The molecule has 2 N–H and O–H groups in total. The molecule has 2 rings (SSSR count). The standard InChI is InChI=1S/C13H21N3O4S2/c1-15(2)21(17,18)12-6-3-7-13(9-12)22(19,20)16-8-4-5-11(14)10-16/h3,6-7,9,11H,4-5,8,10,14H2,1-2H3. The van der Waals surface area contributed by atoms with Crippen LogP contribution >= 0.6 is 0 Å². The van der Waals surface area contributed by atoms with E-state index in [9.17, 15) is 16.8 Å². The lowest BCUT2D eigenvalue weighted by Gasteiger charge is -2.30. The van der Waals surface area contributed by atoms with Crippen molar-refractivity contribution in [2.75, 3.05) is 27.2 Å². The minimum atomic E-state index is -3.73. The van der Waals surface area contributed by atoms with Gasteiger partial charge in [-0.3, -0.25) is 0 Å². The van der Waals surface area contributed by atoms with Crippen LogP contribution < -0.4 is 5.73 Å². The van der Waals surface area contributed by atoms with Crippen LogP contribution in [0.25, 0.3) is 0 Å². The third-order valence-corrected chi connectivity index (χ3v) is 7.31. The molecule has 124 valence electrons. The van der Waals surface area contributed by atoms with Crippen LogP contribution in [-0.4, -0.2) is 58.7 Å². The van der Waals surface area contributed by atoms with E-state index in [2.05, 4.69) is 0 Å². The fourth-order valence-corrected chi connectivity index (χ4v) is 4.95. The van der Waals surface area contributed by atoms with Crippen molar-refractivity contribution >= 4 is 20.0 Å². The lowest BCUT2D eigenvalue weighted by atomic mass is 10.1. The molecule has 0 aromatic heterocycles. The highest BCUT2D eigenvalue weighted by molar-refractivity contribution is 7.90. The Kier molecular flexibility index (Phi) is 4.93. The Labute approximate surface area is 131 Å². The Morgan fingerprint density at radius 3 is 2.41 bits per heavy atom. The van der Waals surface area contributed by atoms with Crippen LogP contribution in [0.1, 0.15) is 12.8 Å². The maximum atomic E-state index is 12.6. The Morgan fingerprint density at radius 1 is 1.18 bits per heavy atom. The molecule has 0 spiro atoms. The second kappa shape index (κ2) is 6.25. The topological polar surface area (TPSA) is 101 Å². The predicted octanol–water partition coefficient (Wildman–Crippen LogP) is 0.0487. The van der Waals surface area contributed by atoms with Gasteiger partial charge in [-0.25, -0.2) is 21.1 Å². The summed E-state index contributed by atoms with van der Waals surface area (Å²) in [6.45, 7) is 0.660. The molecule has 1 aromatic carbocycles. The lowest BCUT2D eigenvalue weighted by molar-refractivity contribution is 0.316. The van der Waals surface area contributed by atoms with E-state index in [1.165, 1.54) is 42.7 Å². The fraction of sp³-hybridized carbons (Fsp3) is 0.538. The van der Waals surface area contributed by atoms with Gasteiger partial charge >= 0.3 is 0 Å². The third kappa shape index (κ3) is 3.33. The highest BCUT2D eigenvalue weighted by Crippen LogP contribution is 2.23. The van der Waals surface area contributed by atoms with Crippen LogP contribution in [0.4, 0.5) is 0 Å². The Balaban J connectivity index is 2.41. The Hall–Kier alpha value is -1.00. The highest BCUT2D eigenvalue weighted by Gasteiger charge is 2.30. The van der Waals surface area contributed by atoms with Crippen LogP contribution in [0.3, 0.4) is 0 Å². The summed E-state index contributed by atoms with van der Waals surface area (Å²) >= 11 is 0. The second-order valence-corrected chi connectivity index (χ2v) is 9.62. The normalized spacial score (nSPS) is 21.2. The van der Waals surface area contributed by atoms with Crippen molar-refractivity contribution in [3.8, 4) is 0 Å². The van der Waals surface area contributed by atoms with E-state index >= 15 is 0 Å². The summed E-state index contributed by atoms with van der Waals surface area (Å²) in [6.07, 6.45) is 1.50. The summed E-state index contributed by atoms with van der Waals surface area (Å²) in [7, 11) is -4.60. The van der Waals surface area contributed by atoms with Gasteiger partial charge in [0.2, 0.25) is 20.0 Å². The maximum absolute atomic E-state index is 12.6. The molecule has 1 heterocycles. The van der Waals surface area contributed by atoms with Crippen molar-refractivity contribution in [1.82, 2.24) is 8.61 Å². The first-order chi connectivity index (χ1) is 10.2. The molecule has 1 saturated heterocycles. The molecule has 0 amide bonds. The highest BCUT2D eigenvalue weighted by atomic mass is 32.2. The number of hydrogen-bond acceptors (Lipinski definition) is 5. The van der Waals surface area contributed by atoms with E-state index in [-0.39, 0.29) is 22.4 Å². The maximum Gasteiger partial charge on any atom is 0.243 e. The molecule has 1 unspecified atom stereocenters. The first-order valence-electron chi connectivity index (χ1n) is 6.94. The monoisotopic (exact) mass is 347 g/mol. The average Bonchev–Trinajstić information content (AvgIpc) is 2.47.